The molecule has 0 heterocycles. The van der Waals surface area contributed by atoms with E-state index in [1.54, 1.807) is 6.07 Å². The highest BCUT2D eigenvalue weighted by Gasteiger charge is 2.16. The van der Waals surface area contributed by atoms with Gasteiger partial charge < -0.3 is 5.11 Å². The quantitative estimate of drug-likeness (QED) is 0.725. The molecule has 1 rings (SSSR count). The summed E-state index contributed by atoms with van der Waals surface area (Å²) >= 11 is 0. The standard InChI is InChI=1S/C9H7F2NO/c1-5(4-12)9-7(11)2-6(10)3-8(9)13/h2-3,5,13H,1H3. The highest BCUT2D eigenvalue weighted by atomic mass is 19.1. The fourth-order valence-electron chi connectivity index (χ4n) is 1.06. The molecule has 0 radical (unpaired) electrons. The zero-order valence-corrected chi connectivity index (χ0v) is 6.88. The van der Waals surface area contributed by atoms with Crippen LogP contribution in [0.25, 0.3) is 0 Å². The maximum atomic E-state index is 13.0. The molecule has 0 aliphatic heterocycles. The Hall–Kier alpha value is -1.63. The lowest BCUT2D eigenvalue weighted by atomic mass is 10.0. The molecule has 1 aromatic carbocycles. The van der Waals surface area contributed by atoms with Crippen molar-refractivity contribution in [2.24, 2.45) is 0 Å². The van der Waals surface area contributed by atoms with Crippen molar-refractivity contribution in [3.63, 3.8) is 0 Å². The van der Waals surface area contributed by atoms with Crippen LogP contribution in [-0.2, 0) is 0 Å². The highest BCUT2D eigenvalue weighted by Crippen LogP contribution is 2.28. The first-order valence-corrected chi connectivity index (χ1v) is 3.63. The van der Waals surface area contributed by atoms with Crippen molar-refractivity contribution in [2.45, 2.75) is 12.8 Å². The first-order valence-electron chi connectivity index (χ1n) is 3.63. The van der Waals surface area contributed by atoms with E-state index >= 15 is 0 Å². The van der Waals surface area contributed by atoms with Gasteiger partial charge in [0.05, 0.1) is 12.0 Å². The van der Waals surface area contributed by atoms with Crippen LogP contribution in [0.5, 0.6) is 5.75 Å². The van der Waals surface area contributed by atoms with Crippen LogP contribution in [0.2, 0.25) is 0 Å². The first kappa shape index (κ1) is 9.46. The Labute approximate surface area is 74.0 Å². The van der Waals surface area contributed by atoms with Gasteiger partial charge >= 0.3 is 0 Å². The lowest BCUT2D eigenvalue weighted by Crippen LogP contribution is -1.96. The van der Waals surface area contributed by atoms with E-state index < -0.39 is 23.3 Å². The molecule has 68 valence electrons. The number of phenols is 1. The summed E-state index contributed by atoms with van der Waals surface area (Å²) in [7, 11) is 0. The predicted molar refractivity (Wildman–Crippen MR) is 42.1 cm³/mol. The van der Waals surface area contributed by atoms with Crippen molar-refractivity contribution in [2.75, 3.05) is 0 Å². The summed E-state index contributed by atoms with van der Waals surface area (Å²) in [4.78, 5) is 0. The van der Waals surface area contributed by atoms with Crippen LogP contribution in [-0.4, -0.2) is 5.11 Å². The fraction of sp³-hybridized carbons (Fsp3) is 0.222. The molecule has 1 aromatic rings. The van der Waals surface area contributed by atoms with E-state index in [4.69, 9.17) is 10.4 Å². The number of nitrogens with zero attached hydrogens (tertiary/aromatic N) is 1. The van der Waals surface area contributed by atoms with Crippen LogP contribution in [0.1, 0.15) is 18.4 Å². The highest BCUT2D eigenvalue weighted by molar-refractivity contribution is 5.39. The molecule has 0 bridgehead atoms. The van der Waals surface area contributed by atoms with E-state index in [1.165, 1.54) is 6.92 Å². The largest absolute Gasteiger partial charge is 0.507 e. The lowest BCUT2D eigenvalue weighted by molar-refractivity contribution is 0.448. The van der Waals surface area contributed by atoms with Crippen molar-refractivity contribution in [3.05, 3.63) is 29.3 Å². The second-order valence-corrected chi connectivity index (χ2v) is 2.67. The molecule has 1 unspecified atom stereocenters. The summed E-state index contributed by atoms with van der Waals surface area (Å²) in [5.74, 6) is -3.07. The molecule has 2 nitrogen and oxygen atoms in total. The van der Waals surface area contributed by atoms with E-state index in [2.05, 4.69) is 0 Å². The Morgan fingerprint density at radius 1 is 1.46 bits per heavy atom. The third-order valence-corrected chi connectivity index (χ3v) is 1.70. The van der Waals surface area contributed by atoms with Crippen LogP contribution in [0.4, 0.5) is 8.78 Å². The monoisotopic (exact) mass is 183 g/mol. The summed E-state index contributed by atoms with van der Waals surface area (Å²) in [5, 5.41) is 17.6. The van der Waals surface area contributed by atoms with Crippen molar-refractivity contribution in [1.82, 2.24) is 0 Å². The molecule has 13 heavy (non-hydrogen) atoms. The van der Waals surface area contributed by atoms with Crippen LogP contribution < -0.4 is 0 Å². The van der Waals surface area contributed by atoms with E-state index in [0.29, 0.717) is 6.07 Å². The van der Waals surface area contributed by atoms with Crippen molar-refractivity contribution < 1.29 is 13.9 Å². The Balaban J connectivity index is 3.30. The third kappa shape index (κ3) is 1.75. The SMILES string of the molecule is CC(C#N)c1c(O)cc(F)cc1F. The van der Waals surface area contributed by atoms with Crippen molar-refractivity contribution in [3.8, 4) is 11.8 Å². The van der Waals surface area contributed by atoms with E-state index in [1.807, 2.05) is 0 Å². The molecule has 1 N–H and O–H groups in total. The average Bonchev–Trinajstić information content (AvgIpc) is 2.02. The van der Waals surface area contributed by atoms with Crippen molar-refractivity contribution >= 4 is 0 Å². The number of benzene rings is 1. The Kier molecular flexibility index (Phi) is 2.47. The molecule has 0 saturated carbocycles. The van der Waals surface area contributed by atoms with Gasteiger partial charge in [-0.3, -0.25) is 0 Å². The third-order valence-electron chi connectivity index (χ3n) is 1.70. The number of hydrogen-bond donors (Lipinski definition) is 1. The van der Waals surface area contributed by atoms with Crippen LogP contribution in [0.3, 0.4) is 0 Å². The molecule has 0 spiro atoms. The zero-order chi connectivity index (χ0) is 10.0. The number of hydrogen-bond acceptors (Lipinski definition) is 2. The van der Waals surface area contributed by atoms with Gasteiger partial charge in [0, 0.05) is 17.7 Å². The molecule has 0 aliphatic rings. The molecular weight excluding hydrogens is 176 g/mol. The van der Waals surface area contributed by atoms with Gasteiger partial charge in [-0.15, -0.1) is 0 Å². The molecule has 0 aromatic heterocycles. The van der Waals surface area contributed by atoms with Crippen LogP contribution in [0, 0.1) is 23.0 Å². The number of aromatic hydroxyl groups is 1. The summed E-state index contributed by atoms with van der Waals surface area (Å²) in [5.41, 5.74) is -0.163. The van der Waals surface area contributed by atoms with Crippen LogP contribution in [0.15, 0.2) is 12.1 Å². The number of nitriles is 1. The fourth-order valence-corrected chi connectivity index (χ4v) is 1.06. The molecule has 1 atom stereocenters. The Morgan fingerprint density at radius 2 is 2.08 bits per heavy atom. The second-order valence-electron chi connectivity index (χ2n) is 2.67. The van der Waals surface area contributed by atoms with Gasteiger partial charge in [-0.25, -0.2) is 8.78 Å². The number of rotatable bonds is 1. The summed E-state index contributed by atoms with van der Waals surface area (Å²) in [6.07, 6.45) is 0. The van der Waals surface area contributed by atoms with Gasteiger partial charge in [-0.2, -0.15) is 5.26 Å². The van der Waals surface area contributed by atoms with E-state index in [0.717, 1.165) is 6.07 Å². The van der Waals surface area contributed by atoms with Gasteiger partial charge in [0.2, 0.25) is 0 Å². The van der Waals surface area contributed by atoms with Crippen molar-refractivity contribution in [1.29, 1.82) is 5.26 Å². The maximum Gasteiger partial charge on any atom is 0.134 e. The Morgan fingerprint density at radius 3 is 2.54 bits per heavy atom. The topological polar surface area (TPSA) is 44.0 Å². The lowest BCUT2D eigenvalue weighted by Gasteiger charge is -2.06. The smallest absolute Gasteiger partial charge is 0.134 e. The minimum atomic E-state index is -0.897. The van der Waals surface area contributed by atoms with Gasteiger partial charge in [-0.1, -0.05) is 0 Å². The summed E-state index contributed by atoms with van der Waals surface area (Å²) in [6, 6.07) is 3.19. The Bertz CT molecular complexity index is 347. The van der Waals surface area contributed by atoms with Gasteiger partial charge in [-0.05, 0) is 6.92 Å². The molecule has 0 saturated heterocycles. The number of halogens is 2. The summed E-state index contributed by atoms with van der Waals surface area (Å²) in [6.45, 7) is 1.43. The molecule has 0 amide bonds. The minimum Gasteiger partial charge on any atom is -0.507 e. The van der Waals surface area contributed by atoms with E-state index in [-0.39, 0.29) is 5.56 Å². The normalized spacial score (nSPS) is 12.2. The molecule has 4 heteroatoms. The minimum absolute atomic E-state index is 0.163. The van der Waals surface area contributed by atoms with E-state index in [9.17, 15) is 8.78 Å². The predicted octanol–water partition coefficient (Wildman–Crippen LogP) is 2.30. The first-order chi connectivity index (χ1) is 6.06. The van der Waals surface area contributed by atoms with Gasteiger partial charge in [0.15, 0.2) is 0 Å². The molecule has 0 aliphatic carbocycles. The maximum absolute atomic E-state index is 13.0. The van der Waals surface area contributed by atoms with Gasteiger partial charge in [0.1, 0.15) is 17.4 Å². The second kappa shape index (κ2) is 3.40. The average molecular weight is 183 g/mol. The zero-order valence-electron chi connectivity index (χ0n) is 6.88. The molecular formula is C9H7F2NO. The number of phenolic OH excluding ortho intramolecular Hbond substituents is 1. The van der Waals surface area contributed by atoms with Crippen LogP contribution >= 0.6 is 0 Å². The van der Waals surface area contributed by atoms with Gasteiger partial charge in [0.25, 0.3) is 0 Å². The summed E-state index contributed by atoms with van der Waals surface area (Å²) < 4.78 is 25.5. The molecule has 0 fully saturated rings.